The summed E-state index contributed by atoms with van der Waals surface area (Å²) in [5, 5.41) is 10.9. The van der Waals surface area contributed by atoms with Crippen LogP contribution in [-0.2, 0) is 20.0 Å². The molecule has 0 saturated carbocycles. The second-order valence-corrected chi connectivity index (χ2v) is 15.3. The highest BCUT2D eigenvalue weighted by Gasteiger charge is 2.45. The van der Waals surface area contributed by atoms with Gasteiger partial charge >= 0.3 is 6.09 Å². The van der Waals surface area contributed by atoms with E-state index in [0.717, 1.165) is 89.2 Å². The summed E-state index contributed by atoms with van der Waals surface area (Å²) < 4.78 is 31.9. The summed E-state index contributed by atoms with van der Waals surface area (Å²) in [7, 11) is -3.56. The molecule has 1 amide bonds. The van der Waals surface area contributed by atoms with Crippen LogP contribution in [0.5, 0.6) is 0 Å². The Kier molecular flexibility index (Phi) is 10.1. The molecular formula is C37H45N5O4S. The van der Waals surface area contributed by atoms with Crippen LogP contribution in [0.15, 0.2) is 88.9 Å². The van der Waals surface area contributed by atoms with E-state index in [1.165, 1.54) is 24.5 Å². The summed E-state index contributed by atoms with van der Waals surface area (Å²) in [6.45, 7) is 8.35. The number of rotatable bonds is 12. The fourth-order valence-corrected chi connectivity index (χ4v) is 8.66. The Morgan fingerprint density at radius 3 is 2.23 bits per heavy atom. The third-order valence-electron chi connectivity index (χ3n) is 10.3. The molecule has 47 heavy (non-hydrogen) atoms. The van der Waals surface area contributed by atoms with Crippen LogP contribution >= 0.6 is 0 Å². The molecule has 2 atom stereocenters. The zero-order valence-corrected chi connectivity index (χ0v) is 28.0. The van der Waals surface area contributed by atoms with Crippen molar-refractivity contribution < 1.29 is 17.9 Å². The average Bonchev–Trinajstić information content (AvgIpc) is 3.05. The molecule has 0 radical (unpaired) electrons. The SMILES string of the molecule is CCC[C@H](CC(C#N)(c1ccccc1)C1CCN(CC2CN(c3ccc(S(=O)(=O)c4ccncc4)cc3)C2)CC1)OC(=O)N1CCC1. The van der Waals surface area contributed by atoms with E-state index < -0.39 is 15.3 Å². The van der Waals surface area contributed by atoms with Gasteiger partial charge in [-0.3, -0.25) is 4.98 Å². The fourth-order valence-electron chi connectivity index (χ4n) is 7.42. The number of likely N-dealkylation sites (tertiary alicyclic amines) is 2. The second kappa shape index (κ2) is 14.4. The zero-order chi connectivity index (χ0) is 32.9. The van der Waals surface area contributed by atoms with Crippen LogP contribution < -0.4 is 4.90 Å². The number of pyridine rings is 1. The number of nitrogens with zero attached hydrogens (tertiary/aromatic N) is 5. The highest BCUT2D eigenvalue weighted by atomic mass is 32.2. The molecule has 0 bridgehead atoms. The predicted octanol–water partition coefficient (Wildman–Crippen LogP) is 5.93. The molecule has 248 valence electrons. The van der Waals surface area contributed by atoms with Gasteiger partial charge in [0.25, 0.3) is 0 Å². The number of piperidine rings is 1. The molecule has 0 spiro atoms. The van der Waals surface area contributed by atoms with Crippen molar-refractivity contribution in [3.05, 3.63) is 84.7 Å². The van der Waals surface area contributed by atoms with E-state index in [4.69, 9.17) is 4.74 Å². The molecule has 0 N–H and O–H groups in total. The summed E-state index contributed by atoms with van der Waals surface area (Å²) in [5.74, 6) is 0.713. The lowest BCUT2D eigenvalue weighted by atomic mass is 9.64. The summed E-state index contributed by atoms with van der Waals surface area (Å²) in [6.07, 6.45) is 7.46. The van der Waals surface area contributed by atoms with Crippen LogP contribution in [0.25, 0.3) is 0 Å². The summed E-state index contributed by atoms with van der Waals surface area (Å²) >= 11 is 0. The summed E-state index contributed by atoms with van der Waals surface area (Å²) in [4.78, 5) is 23.8. The molecule has 3 saturated heterocycles. The summed E-state index contributed by atoms with van der Waals surface area (Å²) in [6, 6.07) is 23.1. The minimum Gasteiger partial charge on any atom is -0.446 e. The highest BCUT2D eigenvalue weighted by molar-refractivity contribution is 7.91. The number of anilines is 1. The predicted molar refractivity (Wildman–Crippen MR) is 181 cm³/mol. The number of benzene rings is 2. The lowest BCUT2D eigenvalue weighted by Crippen LogP contribution is -2.53. The normalized spacial score (nSPS) is 19.6. The van der Waals surface area contributed by atoms with Gasteiger partial charge in [0.2, 0.25) is 9.84 Å². The molecule has 1 unspecified atom stereocenters. The minimum atomic E-state index is -3.56. The first-order valence-electron chi connectivity index (χ1n) is 17.0. The van der Waals surface area contributed by atoms with Crippen molar-refractivity contribution in [3.8, 4) is 6.07 Å². The van der Waals surface area contributed by atoms with Gasteiger partial charge in [-0.15, -0.1) is 0 Å². The first-order chi connectivity index (χ1) is 22.8. The molecule has 6 rings (SSSR count). The molecule has 3 fully saturated rings. The van der Waals surface area contributed by atoms with Gasteiger partial charge in [-0.2, -0.15) is 5.26 Å². The number of carbonyl (C=O) groups excluding carboxylic acids is 1. The molecule has 2 aromatic carbocycles. The van der Waals surface area contributed by atoms with Crippen LogP contribution in [0.4, 0.5) is 10.5 Å². The van der Waals surface area contributed by atoms with Crippen molar-refractivity contribution >= 4 is 21.6 Å². The van der Waals surface area contributed by atoms with Gasteiger partial charge in [0, 0.05) is 63.1 Å². The number of carbonyl (C=O) groups is 1. The maximum atomic E-state index is 12.9. The van der Waals surface area contributed by atoms with E-state index >= 15 is 0 Å². The largest absolute Gasteiger partial charge is 0.446 e. The smallest absolute Gasteiger partial charge is 0.410 e. The topological polar surface area (TPSA) is 107 Å². The maximum Gasteiger partial charge on any atom is 0.410 e. The number of nitriles is 1. The molecule has 1 aromatic heterocycles. The van der Waals surface area contributed by atoms with E-state index in [1.54, 1.807) is 17.0 Å². The van der Waals surface area contributed by atoms with Gasteiger partial charge in [0.05, 0.1) is 21.3 Å². The third kappa shape index (κ3) is 7.16. The molecule has 3 aliphatic heterocycles. The first kappa shape index (κ1) is 33.0. The maximum absolute atomic E-state index is 12.9. The van der Waals surface area contributed by atoms with E-state index in [1.807, 2.05) is 30.3 Å². The van der Waals surface area contributed by atoms with Crippen LogP contribution in [0.1, 0.15) is 51.0 Å². The molecule has 9 nitrogen and oxygen atoms in total. The van der Waals surface area contributed by atoms with Crippen molar-refractivity contribution in [2.24, 2.45) is 11.8 Å². The van der Waals surface area contributed by atoms with Gasteiger partial charge in [-0.1, -0.05) is 43.7 Å². The molecule has 10 heteroatoms. The Morgan fingerprint density at radius 1 is 0.979 bits per heavy atom. The van der Waals surface area contributed by atoms with Crippen molar-refractivity contribution in [1.82, 2.24) is 14.8 Å². The number of amides is 1. The molecular weight excluding hydrogens is 611 g/mol. The molecule has 3 aromatic rings. The molecule has 3 aliphatic rings. The van der Waals surface area contributed by atoms with Crippen molar-refractivity contribution in [1.29, 1.82) is 5.26 Å². The zero-order valence-electron chi connectivity index (χ0n) is 27.2. The van der Waals surface area contributed by atoms with E-state index in [2.05, 4.69) is 39.9 Å². The van der Waals surface area contributed by atoms with Crippen molar-refractivity contribution in [2.45, 2.75) is 66.8 Å². The monoisotopic (exact) mass is 655 g/mol. The van der Waals surface area contributed by atoms with Crippen LogP contribution in [-0.4, -0.2) is 81.2 Å². The number of aromatic nitrogens is 1. The van der Waals surface area contributed by atoms with Gasteiger partial charge in [-0.25, -0.2) is 13.2 Å². The Morgan fingerprint density at radius 2 is 1.64 bits per heavy atom. The number of hydrogen-bond donors (Lipinski definition) is 0. The van der Waals surface area contributed by atoms with Gasteiger partial charge < -0.3 is 19.4 Å². The lowest BCUT2D eigenvalue weighted by molar-refractivity contribution is 0.0241. The van der Waals surface area contributed by atoms with Gasteiger partial charge in [-0.05, 0) is 86.7 Å². The Hall–Kier alpha value is -3.94. The fraction of sp³-hybridized carbons (Fsp3) is 0.486. The average molecular weight is 656 g/mol. The standard InChI is InChI=1S/C37H45N5O4S/c1-2-7-33(46-36(43)41-20-6-21-41)24-37(28-38,30-8-4-3-5-9-30)31-16-22-40(23-17-31)25-29-26-42(27-29)32-10-12-34(13-11-32)47(44,45)35-14-18-39-19-15-35/h3-5,8-15,18-19,29,31,33H,2,6-7,16-17,20-27H2,1H3/t33-,37?/m1/s1. The highest BCUT2D eigenvalue weighted by Crippen LogP contribution is 2.43. The third-order valence-corrected chi connectivity index (χ3v) is 12.0. The molecule has 4 heterocycles. The lowest BCUT2D eigenvalue weighted by Gasteiger charge is -2.46. The first-order valence-corrected chi connectivity index (χ1v) is 18.5. The summed E-state index contributed by atoms with van der Waals surface area (Å²) in [5.41, 5.74) is 1.34. The Bertz CT molecular complexity index is 1630. The van der Waals surface area contributed by atoms with Crippen LogP contribution in [0.3, 0.4) is 0 Å². The second-order valence-electron chi connectivity index (χ2n) is 13.3. The van der Waals surface area contributed by atoms with E-state index in [-0.39, 0.29) is 27.9 Å². The van der Waals surface area contributed by atoms with E-state index in [9.17, 15) is 18.5 Å². The van der Waals surface area contributed by atoms with Crippen molar-refractivity contribution in [3.63, 3.8) is 0 Å². The van der Waals surface area contributed by atoms with Crippen molar-refractivity contribution in [2.75, 3.05) is 50.7 Å². The Labute approximate surface area is 279 Å². The number of sulfone groups is 1. The van der Waals surface area contributed by atoms with Crippen LogP contribution in [0.2, 0.25) is 0 Å². The minimum absolute atomic E-state index is 0.174. The Balaban J connectivity index is 1.05. The van der Waals surface area contributed by atoms with Gasteiger partial charge in [0.15, 0.2) is 0 Å². The quantitative estimate of drug-likeness (QED) is 0.237. The van der Waals surface area contributed by atoms with Crippen LogP contribution in [0, 0.1) is 23.2 Å². The number of ether oxygens (including phenoxy) is 1. The van der Waals surface area contributed by atoms with Gasteiger partial charge in [0.1, 0.15) is 6.10 Å². The van der Waals surface area contributed by atoms with E-state index in [0.29, 0.717) is 12.3 Å². The number of hydrogen-bond acceptors (Lipinski definition) is 8. The molecule has 0 aliphatic carbocycles.